The van der Waals surface area contributed by atoms with E-state index in [-0.39, 0.29) is 16.2 Å². The Bertz CT molecular complexity index is 1240. The van der Waals surface area contributed by atoms with Crippen LogP contribution in [-0.4, -0.2) is 26.5 Å². The molecular weight excluding hydrogens is 431 g/mol. The Morgan fingerprint density at radius 2 is 1.58 bits per heavy atom. The summed E-state index contributed by atoms with van der Waals surface area (Å²) >= 11 is 0. The number of methoxy groups -OCH3 is 1. The third-order valence-corrected chi connectivity index (χ3v) is 6.42. The molecule has 0 amide bonds. The second-order valence-electron chi connectivity index (χ2n) is 6.72. The van der Waals surface area contributed by atoms with Gasteiger partial charge in [0.15, 0.2) is 0 Å². The summed E-state index contributed by atoms with van der Waals surface area (Å²) in [6, 6.07) is 13.5. The first kappa shape index (κ1) is 22.4. The van der Waals surface area contributed by atoms with E-state index in [0.29, 0.717) is 0 Å². The minimum Gasteiger partial charge on any atom is -0.465 e. The monoisotopic (exact) mass is 449 g/mol. The fraction of sp³-hybridized carbons (Fsp3) is 0.136. The number of aromatic amines is 1. The molecule has 0 aliphatic heterocycles. The number of nitrogens with one attached hydrogen (secondary N) is 1. The van der Waals surface area contributed by atoms with Crippen molar-refractivity contribution in [1.82, 2.24) is 4.98 Å². The Morgan fingerprint density at radius 1 is 1.00 bits per heavy atom. The van der Waals surface area contributed by atoms with E-state index in [2.05, 4.69) is 16.3 Å². The zero-order valence-corrected chi connectivity index (χ0v) is 17.4. The molecular formula is C22H18F3NO4S. The van der Waals surface area contributed by atoms with E-state index in [1.54, 1.807) is 37.3 Å². The number of esters is 1. The number of carbonyl (C=O) groups excluding carboxylic acids is 1. The van der Waals surface area contributed by atoms with Crippen LogP contribution in [-0.2, 0) is 20.8 Å². The van der Waals surface area contributed by atoms with Gasteiger partial charge in [-0.2, -0.15) is 13.2 Å². The molecule has 162 valence electrons. The molecule has 0 aliphatic carbocycles. The summed E-state index contributed by atoms with van der Waals surface area (Å²) in [4.78, 5) is 13.8. The fourth-order valence-electron chi connectivity index (χ4n) is 3.11. The Morgan fingerprint density at radius 3 is 2.10 bits per heavy atom. The Kier molecular flexibility index (Phi) is 5.82. The lowest BCUT2D eigenvalue weighted by molar-refractivity contribution is -0.141. The quantitative estimate of drug-likeness (QED) is 0.541. The molecule has 0 fully saturated rings. The molecule has 31 heavy (non-hydrogen) atoms. The lowest BCUT2D eigenvalue weighted by atomic mass is 10.0. The number of rotatable bonds is 5. The van der Waals surface area contributed by atoms with E-state index in [0.717, 1.165) is 12.7 Å². The molecule has 9 heteroatoms. The van der Waals surface area contributed by atoms with Gasteiger partial charge in [-0.05, 0) is 24.6 Å². The molecule has 1 aromatic heterocycles. The maximum absolute atomic E-state index is 13.8. The summed E-state index contributed by atoms with van der Waals surface area (Å²) in [6.45, 7) is 5.33. The Labute approximate surface area is 177 Å². The molecule has 3 rings (SSSR count). The highest BCUT2D eigenvalue weighted by Gasteiger charge is 2.42. The molecule has 0 atom stereocenters. The molecule has 0 spiro atoms. The van der Waals surface area contributed by atoms with Crippen LogP contribution in [0, 0.1) is 6.92 Å². The molecule has 0 bridgehead atoms. The zero-order chi connectivity index (χ0) is 23.0. The number of sulfone groups is 1. The van der Waals surface area contributed by atoms with Gasteiger partial charge in [0.1, 0.15) is 5.69 Å². The highest BCUT2D eigenvalue weighted by atomic mass is 32.2. The number of benzene rings is 2. The van der Waals surface area contributed by atoms with Crippen molar-refractivity contribution in [2.24, 2.45) is 0 Å². The fourth-order valence-corrected chi connectivity index (χ4v) is 4.36. The second kappa shape index (κ2) is 8.07. The average molecular weight is 449 g/mol. The Balaban J connectivity index is 2.36. The van der Waals surface area contributed by atoms with Crippen molar-refractivity contribution in [3.63, 3.8) is 0 Å². The molecule has 1 heterocycles. The van der Waals surface area contributed by atoms with E-state index < -0.39 is 43.7 Å². The van der Waals surface area contributed by atoms with Crippen LogP contribution in [0.15, 0.2) is 66.1 Å². The van der Waals surface area contributed by atoms with Gasteiger partial charge in [0.05, 0.1) is 28.2 Å². The second-order valence-corrected chi connectivity index (χ2v) is 8.69. The first-order valence-electron chi connectivity index (χ1n) is 8.96. The molecule has 1 N–H and O–H groups in total. The summed E-state index contributed by atoms with van der Waals surface area (Å²) in [5.41, 5.74) is -1.98. The van der Waals surface area contributed by atoms with Crippen molar-refractivity contribution in [3.05, 3.63) is 83.6 Å². The van der Waals surface area contributed by atoms with Crippen molar-refractivity contribution < 1.29 is 31.1 Å². The number of halogens is 3. The SMILES string of the molecule is C=C(c1c(-c2ccccc2)[nH]c(C(F)(F)F)c1C(=O)OC)S(=O)(=O)c1ccc(C)cc1. The van der Waals surface area contributed by atoms with Crippen LogP contribution in [0.4, 0.5) is 13.2 Å². The summed E-state index contributed by atoms with van der Waals surface area (Å²) < 4.78 is 72.2. The lowest BCUT2D eigenvalue weighted by Crippen LogP contribution is -2.15. The number of carbonyl (C=O) groups is 1. The van der Waals surface area contributed by atoms with Crippen molar-refractivity contribution in [2.75, 3.05) is 7.11 Å². The van der Waals surface area contributed by atoms with Crippen LogP contribution >= 0.6 is 0 Å². The topological polar surface area (TPSA) is 76.2 Å². The number of aromatic nitrogens is 1. The predicted molar refractivity (Wildman–Crippen MR) is 110 cm³/mol. The Hall–Kier alpha value is -3.33. The van der Waals surface area contributed by atoms with Crippen molar-refractivity contribution >= 4 is 20.7 Å². The van der Waals surface area contributed by atoms with Crippen molar-refractivity contribution in [2.45, 2.75) is 18.0 Å². The third-order valence-electron chi connectivity index (χ3n) is 4.67. The van der Waals surface area contributed by atoms with Crippen LogP contribution < -0.4 is 0 Å². The first-order chi connectivity index (χ1) is 14.5. The minimum absolute atomic E-state index is 0.160. The predicted octanol–water partition coefficient (Wildman–Crippen LogP) is 5.24. The molecule has 0 radical (unpaired) electrons. The molecule has 0 unspecified atom stereocenters. The van der Waals surface area contributed by atoms with Gasteiger partial charge < -0.3 is 9.72 Å². The number of alkyl halides is 3. The zero-order valence-electron chi connectivity index (χ0n) is 16.6. The van der Waals surface area contributed by atoms with Crippen molar-refractivity contribution in [3.8, 4) is 11.3 Å². The number of hydrogen-bond acceptors (Lipinski definition) is 4. The molecule has 3 aromatic rings. The largest absolute Gasteiger partial charge is 0.465 e. The van der Waals surface area contributed by atoms with Gasteiger partial charge in [-0.1, -0.05) is 54.6 Å². The highest BCUT2D eigenvalue weighted by Crippen LogP contribution is 2.42. The van der Waals surface area contributed by atoms with Crippen LogP contribution in [0.2, 0.25) is 0 Å². The maximum Gasteiger partial charge on any atom is 0.432 e. The molecule has 2 aromatic carbocycles. The van der Waals surface area contributed by atoms with E-state index in [1.807, 2.05) is 0 Å². The van der Waals surface area contributed by atoms with Gasteiger partial charge in [-0.3, -0.25) is 0 Å². The van der Waals surface area contributed by atoms with Crippen LogP contribution in [0.1, 0.15) is 27.2 Å². The number of hydrogen-bond donors (Lipinski definition) is 1. The summed E-state index contributed by atoms with van der Waals surface area (Å²) in [6.07, 6.45) is -4.97. The number of aryl methyl sites for hydroxylation is 1. The molecule has 0 aliphatic rings. The van der Waals surface area contributed by atoms with Crippen LogP contribution in [0.3, 0.4) is 0 Å². The summed E-state index contributed by atoms with van der Waals surface area (Å²) in [7, 11) is -3.41. The lowest BCUT2D eigenvalue weighted by Gasteiger charge is -2.12. The number of H-pyrrole nitrogens is 1. The minimum atomic E-state index is -4.97. The summed E-state index contributed by atoms with van der Waals surface area (Å²) in [5, 5.41) is 0. The first-order valence-corrected chi connectivity index (χ1v) is 10.4. The molecule has 5 nitrogen and oxygen atoms in total. The molecule has 0 saturated carbocycles. The molecule has 0 saturated heterocycles. The normalized spacial score (nSPS) is 11.9. The van der Waals surface area contributed by atoms with E-state index in [9.17, 15) is 26.4 Å². The maximum atomic E-state index is 13.8. The van der Waals surface area contributed by atoms with Gasteiger partial charge in [-0.15, -0.1) is 0 Å². The van der Waals surface area contributed by atoms with Gasteiger partial charge in [-0.25, -0.2) is 13.2 Å². The van der Waals surface area contributed by atoms with Gasteiger partial charge in [0.2, 0.25) is 9.84 Å². The van der Waals surface area contributed by atoms with Gasteiger partial charge >= 0.3 is 12.1 Å². The third kappa shape index (κ3) is 4.13. The van der Waals surface area contributed by atoms with E-state index in [4.69, 9.17) is 0 Å². The standard InChI is InChI=1S/C22H18F3NO4S/c1-13-9-11-16(12-10-13)31(28,29)14(2)17-18(21(27)30-3)20(22(23,24)25)26-19(17)15-7-5-4-6-8-15/h4-12,26H,2H2,1,3H3. The van der Waals surface area contributed by atoms with Gasteiger partial charge in [0, 0.05) is 5.56 Å². The van der Waals surface area contributed by atoms with Crippen LogP contribution in [0.25, 0.3) is 16.2 Å². The average Bonchev–Trinajstić information content (AvgIpc) is 3.14. The smallest absolute Gasteiger partial charge is 0.432 e. The van der Waals surface area contributed by atoms with Crippen molar-refractivity contribution in [1.29, 1.82) is 0 Å². The van der Waals surface area contributed by atoms with Gasteiger partial charge in [0.25, 0.3) is 0 Å². The van der Waals surface area contributed by atoms with Crippen LogP contribution in [0.5, 0.6) is 0 Å². The highest BCUT2D eigenvalue weighted by molar-refractivity contribution is 8.00. The number of ether oxygens (including phenoxy) is 1. The summed E-state index contributed by atoms with van der Waals surface area (Å²) in [5.74, 6) is -1.33. The van der Waals surface area contributed by atoms with E-state index >= 15 is 0 Å². The van der Waals surface area contributed by atoms with E-state index in [1.165, 1.54) is 24.3 Å².